The molecule has 0 radical (unpaired) electrons. The number of likely N-dealkylation sites (tertiary alicyclic amines) is 1. The Bertz CT molecular complexity index is 560. The van der Waals surface area contributed by atoms with Gasteiger partial charge in [-0.05, 0) is 43.4 Å². The van der Waals surface area contributed by atoms with Crippen LogP contribution in [0, 0.1) is 0 Å². The highest BCUT2D eigenvalue weighted by atomic mass is 19.4. The van der Waals surface area contributed by atoms with Crippen molar-refractivity contribution < 1.29 is 22.7 Å². The van der Waals surface area contributed by atoms with E-state index in [1.165, 1.54) is 0 Å². The number of carbonyl (C=O) groups excluding carboxylic acids is 1. The Morgan fingerprint density at radius 3 is 2.56 bits per heavy atom. The second-order valence-corrected chi connectivity index (χ2v) is 6.43. The van der Waals surface area contributed by atoms with Gasteiger partial charge in [-0.2, -0.15) is 13.2 Å². The van der Waals surface area contributed by atoms with Crippen LogP contribution in [0.25, 0.3) is 0 Å². The molecular weight excluding hydrogens is 333 g/mol. The molecule has 2 N–H and O–H groups in total. The number of hydrogen-bond acceptors (Lipinski definition) is 3. The SMILES string of the molecule is CCCOc1ccc(CCC(=O)N2C[C@H](N)CC[C@H]2C(F)(F)F)cc1. The Kier molecular flexibility index (Phi) is 6.70. The Labute approximate surface area is 146 Å². The molecule has 0 bridgehead atoms. The first-order valence-electron chi connectivity index (χ1n) is 8.64. The molecule has 0 spiro atoms. The lowest BCUT2D eigenvalue weighted by Gasteiger charge is -2.39. The fourth-order valence-electron chi connectivity index (χ4n) is 2.98. The second kappa shape index (κ2) is 8.56. The molecule has 4 nitrogen and oxygen atoms in total. The average Bonchev–Trinajstić information content (AvgIpc) is 2.57. The van der Waals surface area contributed by atoms with Gasteiger partial charge in [0.2, 0.25) is 5.91 Å². The Morgan fingerprint density at radius 2 is 1.96 bits per heavy atom. The summed E-state index contributed by atoms with van der Waals surface area (Å²) in [6.07, 6.45) is -2.91. The van der Waals surface area contributed by atoms with Crippen LogP contribution in [0.1, 0.15) is 38.2 Å². The van der Waals surface area contributed by atoms with Crippen LogP contribution in [-0.4, -0.2) is 42.2 Å². The van der Waals surface area contributed by atoms with E-state index in [0.29, 0.717) is 13.0 Å². The minimum absolute atomic E-state index is 0.0349. The van der Waals surface area contributed by atoms with E-state index in [9.17, 15) is 18.0 Å². The number of rotatable bonds is 6. The number of nitrogens with two attached hydrogens (primary N) is 1. The molecule has 0 aromatic heterocycles. The standard InChI is InChI=1S/C18H25F3N2O2/c1-2-11-25-15-7-3-13(4-8-15)5-10-17(24)23-12-14(22)6-9-16(23)18(19,20)21/h3-4,7-8,14,16H,2,5-6,9-12,22H2,1H3/t14-,16+/m1/s1. The maximum Gasteiger partial charge on any atom is 0.408 e. The maximum atomic E-state index is 13.1. The van der Waals surface area contributed by atoms with Crippen molar-refractivity contribution in [1.29, 1.82) is 0 Å². The van der Waals surface area contributed by atoms with Gasteiger partial charge in [0.15, 0.2) is 0 Å². The molecule has 1 aromatic carbocycles. The molecule has 0 unspecified atom stereocenters. The van der Waals surface area contributed by atoms with E-state index in [2.05, 4.69) is 0 Å². The van der Waals surface area contributed by atoms with Crippen LogP contribution in [0.15, 0.2) is 24.3 Å². The van der Waals surface area contributed by atoms with Crippen molar-refractivity contribution in [2.45, 2.75) is 57.3 Å². The van der Waals surface area contributed by atoms with Crippen LogP contribution in [-0.2, 0) is 11.2 Å². The summed E-state index contributed by atoms with van der Waals surface area (Å²) in [7, 11) is 0. The summed E-state index contributed by atoms with van der Waals surface area (Å²) >= 11 is 0. The maximum absolute atomic E-state index is 13.1. The smallest absolute Gasteiger partial charge is 0.408 e. The molecule has 1 aliphatic heterocycles. The van der Waals surface area contributed by atoms with Crippen LogP contribution in [0.4, 0.5) is 13.2 Å². The Morgan fingerprint density at radius 1 is 1.28 bits per heavy atom. The number of ether oxygens (including phenoxy) is 1. The molecule has 25 heavy (non-hydrogen) atoms. The van der Waals surface area contributed by atoms with Gasteiger partial charge in [0.1, 0.15) is 11.8 Å². The molecule has 1 aliphatic rings. The van der Waals surface area contributed by atoms with Crippen molar-refractivity contribution in [2.75, 3.05) is 13.2 Å². The van der Waals surface area contributed by atoms with Crippen molar-refractivity contribution >= 4 is 5.91 Å². The molecule has 1 heterocycles. The Balaban J connectivity index is 1.93. The normalized spacial score (nSPS) is 21.2. The van der Waals surface area contributed by atoms with E-state index < -0.39 is 24.2 Å². The van der Waals surface area contributed by atoms with Crippen LogP contribution >= 0.6 is 0 Å². The fraction of sp³-hybridized carbons (Fsp3) is 0.611. The van der Waals surface area contributed by atoms with E-state index in [-0.39, 0.29) is 25.8 Å². The van der Waals surface area contributed by atoms with Crippen LogP contribution in [0.2, 0.25) is 0 Å². The molecule has 1 saturated heterocycles. The van der Waals surface area contributed by atoms with Gasteiger partial charge in [-0.3, -0.25) is 4.79 Å². The number of piperidine rings is 1. The van der Waals surface area contributed by atoms with Gasteiger partial charge in [-0.25, -0.2) is 0 Å². The van der Waals surface area contributed by atoms with Crippen LogP contribution < -0.4 is 10.5 Å². The summed E-state index contributed by atoms with van der Waals surface area (Å²) < 4.78 is 44.9. The number of hydrogen-bond donors (Lipinski definition) is 1. The molecule has 2 atom stereocenters. The van der Waals surface area contributed by atoms with Crippen LogP contribution in [0.3, 0.4) is 0 Å². The minimum atomic E-state index is -4.41. The van der Waals surface area contributed by atoms with Crippen molar-refractivity contribution in [3.63, 3.8) is 0 Å². The van der Waals surface area contributed by atoms with Gasteiger partial charge >= 0.3 is 6.18 Å². The quantitative estimate of drug-likeness (QED) is 0.849. The summed E-state index contributed by atoms with van der Waals surface area (Å²) in [6.45, 7) is 2.61. The number of benzene rings is 1. The molecule has 1 aromatic rings. The number of aryl methyl sites for hydroxylation is 1. The number of alkyl halides is 3. The molecule has 0 saturated carbocycles. The van der Waals surface area contributed by atoms with Crippen LogP contribution in [0.5, 0.6) is 5.75 Å². The van der Waals surface area contributed by atoms with Gasteiger partial charge < -0.3 is 15.4 Å². The molecule has 1 amide bonds. The lowest BCUT2D eigenvalue weighted by atomic mass is 9.97. The van der Waals surface area contributed by atoms with E-state index >= 15 is 0 Å². The fourth-order valence-corrected chi connectivity index (χ4v) is 2.98. The third-order valence-electron chi connectivity index (χ3n) is 4.34. The third-order valence-corrected chi connectivity index (χ3v) is 4.34. The molecular formula is C18H25F3N2O2. The topological polar surface area (TPSA) is 55.6 Å². The largest absolute Gasteiger partial charge is 0.494 e. The number of carbonyl (C=O) groups is 1. The lowest BCUT2D eigenvalue weighted by Crippen LogP contribution is -2.56. The molecule has 140 valence electrons. The first-order valence-corrected chi connectivity index (χ1v) is 8.64. The third kappa shape index (κ3) is 5.63. The zero-order valence-electron chi connectivity index (χ0n) is 14.4. The lowest BCUT2D eigenvalue weighted by molar-refractivity contribution is -0.196. The van der Waals surface area contributed by atoms with E-state index in [1.54, 1.807) is 0 Å². The highest BCUT2D eigenvalue weighted by Gasteiger charge is 2.47. The number of nitrogens with zero attached hydrogens (tertiary/aromatic N) is 1. The minimum Gasteiger partial charge on any atom is -0.494 e. The average molecular weight is 358 g/mol. The predicted octanol–water partition coefficient (Wildman–Crippen LogP) is 3.29. The predicted molar refractivity (Wildman–Crippen MR) is 89.3 cm³/mol. The summed E-state index contributed by atoms with van der Waals surface area (Å²) in [4.78, 5) is 13.2. The molecule has 0 aliphatic carbocycles. The van der Waals surface area contributed by atoms with E-state index in [0.717, 1.165) is 22.6 Å². The van der Waals surface area contributed by atoms with Gasteiger partial charge in [0, 0.05) is 19.0 Å². The Hall–Kier alpha value is -1.76. The zero-order chi connectivity index (χ0) is 18.4. The highest BCUT2D eigenvalue weighted by molar-refractivity contribution is 5.77. The number of halogens is 3. The zero-order valence-corrected chi connectivity index (χ0v) is 14.4. The summed E-state index contributed by atoms with van der Waals surface area (Å²) in [5, 5.41) is 0. The first-order chi connectivity index (χ1) is 11.8. The van der Waals surface area contributed by atoms with Crippen molar-refractivity contribution in [1.82, 2.24) is 4.90 Å². The molecule has 1 fully saturated rings. The van der Waals surface area contributed by atoms with Gasteiger partial charge in [0.05, 0.1) is 6.61 Å². The molecule has 2 rings (SSSR count). The van der Waals surface area contributed by atoms with Gasteiger partial charge in [-0.15, -0.1) is 0 Å². The summed E-state index contributed by atoms with van der Waals surface area (Å²) in [5.41, 5.74) is 6.65. The number of amides is 1. The second-order valence-electron chi connectivity index (χ2n) is 6.43. The van der Waals surface area contributed by atoms with Gasteiger partial charge in [0.25, 0.3) is 0 Å². The van der Waals surface area contributed by atoms with E-state index in [1.807, 2.05) is 31.2 Å². The summed E-state index contributed by atoms with van der Waals surface area (Å²) in [6, 6.07) is 5.18. The van der Waals surface area contributed by atoms with Crippen molar-refractivity contribution in [2.24, 2.45) is 5.73 Å². The highest BCUT2D eigenvalue weighted by Crippen LogP contribution is 2.32. The monoisotopic (exact) mass is 358 g/mol. The van der Waals surface area contributed by atoms with E-state index in [4.69, 9.17) is 10.5 Å². The summed E-state index contributed by atoms with van der Waals surface area (Å²) in [5.74, 6) is 0.250. The van der Waals surface area contributed by atoms with Crippen molar-refractivity contribution in [3.05, 3.63) is 29.8 Å². The van der Waals surface area contributed by atoms with Gasteiger partial charge in [-0.1, -0.05) is 19.1 Å². The van der Waals surface area contributed by atoms with Crippen molar-refractivity contribution in [3.8, 4) is 5.75 Å². The first kappa shape index (κ1) is 19.6. The molecule has 7 heteroatoms.